The number of carbonyl (C=O) groups is 1. The van der Waals surface area contributed by atoms with Crippen molar-refractivity contribution in [3.8, 4) is 11.1 Å². The largest absolute Gasteiger partial charge is 0.395 e. The molecule has 3 aromatic rings. The van der Waals surface area contributed by atoms with Crippen LogP contribution >= 0.6 is 0 Å². The molecular formula is C22H24N2O3. The van der Waals surface area contributed by atoms with Crippen LogP contribution in [0, 0.1) is 5.92 Å². The lowest BCUT2D eigenvalue weighted by Gasteiger charge is -2.24. The molecule has 0 saturated heterocycles. The molecular weight excluding hydrogens is 340 g/mol. The summed E-state index contributed by atoms with van der Waals surface area (Å²) in [5.74, 6) is 0.217. The number of benzene rings is 2. The van der Waals surface area contributed by atoms with Crippen LogP contribution in [-0.4, -0.2) is 40.6 Å². The van der Waals surface area contributed by atoms with E-state index < -0.39 is 0 Å². The summed E-state index contributed by atoms with van der Waals surface area (Å²) in [4.78, 5) is 29.7. The van der Waals surface area contributed by atoms with E-state index in [4.69, 9.17) is 0 Å². The maximum atomic E-state index is 12.9. The smallest absolute Gasteiger partial charge is 0.253 e. The minimum absolute atomic E-state index is 0.0381. The van der Waals surface area contributed by atoms with Crippen LogP contribution in [-0.2, 0) is 0 Å². The van der Waals surface area contributed by atoms with E-state index in [2.05, 4.69) is 4.98 Å². The summed E-state index contributed by atoms with van der Waals surface area (Å²) in [5, 5.41) is 9.90. The van der Waals surface area contributed by atoms with Crippen LogP contribution in [0.1, 0.15) is 24.2 Å². The quantitative estimate of drug-likeness (QED) is 0.705. The first-order valence-electron chi connectivity index (χ1n) is 9.11. The Kier molecular flexibility index (Phi) is 5.72. The number of aromatic nitrogens is 1. The van der Waals surface area contributed by atoms with Gasteiger partial charge in [-0.25, -0.2) is 0 Å². The number of hydrogen-bond acceptors (Lipinski definition) is 3. The molecule has 27 heavy (non-hydrogen) atoms. The highest BCUT2D eigenvalue weighted by Crippen LogP contribution is 2.24. The van der Waals surface area contributed by atoms with Gasteiger partial charge in [-0.15, -0.1) is 0 Å². The Hall–Kier alpha value is -2.92. The molecule has 0 bridgehead atoms. The van der Waals surface area contributed by atoms with Gasteiger partial charge in [0.15, 0.2) is 5.43 Å². The second-order valence-corrected chi connectivity index (χ2v) is 7.05. The van der Waals surface area contributed by atoms with Gasteiger partial charge in [0, 0.05) is 41.8 Å². The van der Waals surface area contributed by atoms with Crippen molar-refractivity contribution < 1.29 is 9.90 Å². The predicted molar refractivity (Wildman–Crippen MR) is 108 cm³/mol. The second-order valence-electron chi connectivity index (χ2n) is 7.05. The lowest BCUT2D eigenvalue weighted by Crippen LogP contribution is -2.36. The molecule has 2 N–H and O–H groups in total. The van der Waals surface area contributed by atoms with Crippen molar-refractivity contribution in [1.82, 2.24) is 9.88 Å². The number of carbonyl (C=O) groups excluding carboxylic acids is 1. The van der Waals surface area contributed by atoms with Gasteiger partial charge in [-0.3, -0.25) is 9.59 Å². The molecule has 5 heteroatoms. The Morgan fingerprint density at radius 1 is 1.11 bits per heavy atom. The van der Waals surface area contributed by atoms with E-state index in [0.29, 0.717) is 30.0 Å². The zero-order valence-corrected chi connectivity index (χ0v) is 15.6. The number of rotatable bonds is 6. The first-order valence-corrected chi connectivity index (χ1v) is 9.11. The van der Waals surface area contributed by atoms with E-state index in [1.165, 1.54) is 6.07 Å². The number of nitrogens with one attached hydrogen (secondary N) is 1. The zero-order chi connectivity index (χ0) is 19.4. The third-order valence-corrected chi connectivity index (χ3v) is 4.44. The summed E-state index contributed by atoms with van der Waals surface area (Å²) in [5.41, 5.74) is 3.07. The molecule has 1 amide bonds. The van der Waals surface area contributed by atoms with Gasteiger partial charge in [0.05, 0.1) is 6.61 Å². The van der Waals surface area contributed by atoms with Crippen LogP contribution in [0.25, 0.3) is 22.0 Å². The molecule has 5 nitrogen and oxygen atoms in total. The molecule has 0 aliphatic carbocycles. The number of pyridine rings is 1. The maximum absolute atomic E-state index is 12.9. The van der Waals surface area contributed by atoms with Gasteiger partial charge in [0.1, 0.15) is 0 Å². The molecule has 1 aromatic heterocycles. The third-order valence-electron chi connectivity index (χ3n) is 4.44. The normalized spacial score (nSPS) is 11.1. The Morgan fingerprint density at radius 3 is 2.63 bits per heavy atom. The third kappa shape index (κ3) is 4.26. The van der Waals surface area contributed by atoms with Gasteiger partial charge >= 0.3 is 0 Å². The first kappa shape index (κ1) is 18.9. The lowest BCUT2D eigenvalue weighted by molar-refractivity contribution is 0.0700. The molecule has 0 atom stereocenters. The minimum atomic E-state index is -0.0989. The van der Waals surface area contributed by atoms with Crippen molar-refractivity contribution in [2.75, 3.05) is 19.7 Å². The second kappa shape index (κ2) is 8.18. The molecule has 3 rings (SSSR count). The summed E-state index contributed by atoms with van der Waals surface area (Å²) in [7, 11) is 0. The predicted octanol–water partition coefficient (Wildman–Crippen LogP) is 3.29. The van der Waals surface area contributed by atoms with Crippen LogP contribution in [0.4, 0.5) is 0 Å². The van der Waals surface area contributed by atoms with Crippen molar-refractivity contribution in [3.05, 3.63) is 70.5 Å². The Balaban J connectivity index is 1.96. The highest BCUT2D eigenvalue weighted by atomic mass is 16.3. The zero-order valence-electron chi connectivity index (χ0n) is 15.6. The lowest BCUT2D eigenvalue weighted by atomic mass is 10.0. The van der Waals surface area contributed by atoms with Crippen molar-refractivity contribution in [1.29, 1.82) is 0 Å². The van der Waals surface area contributed by atoms with E-state index >= 15 is 0 Å². The average Bonchev–Trinajstić information content (AvgIpc) is 2.67. The molecule has 0 radical (unpaired) electrons. The number of aromatic amines is 1. The Bertz CT molecular complexity index is 1010. The van der Waals surface area contributed by atoms with E-state index in [0.717, 1.165) is 16.6 Å². The summed E-state index contributed by atoms with van der Waals surface area (Å²) in [6.45, 7) is 4.93. The van der Waals surface area contributed by atoms with E-state index in [9.17, 15) is 14.7 Å². The summed E-state index contributed by atoms with van der Waals surface area (Å²) < 4.78 is 0. The molecule has 0 aliphatic heterocycles. The van der Waals surface area contributed by atoms with Gasteiger partial charge in [-0.1, -0.05) is 32.0 Å². The van der Waals surface area contributed by atoms with Crippen molar-refractivity contribution in [2.45, 2.75) is 13.8 Å². The topological polar surface area (TPSA) is 73.4 Å². The molecule has 0 saturated carbocycles. The van der Waals surface area contributed by atoms with Crippen LogP contribution in [0.2, 0.25) is 0 Å². The molecule has 0 aliphatic rings. The SMILES string of the molecule is CC(C)CN(CCO)C(=O)c1cccc(-c2ccc3[nH]ccc(=O)c3c2)c1. The number of amides is 1. The van der Waals surface area contributed by atoms with Crippen molar-refractivity contribution in [3.63, 3.8) is 0 Å². The Morgan fingerprint density at radius 2 is 1.89 bits per heavy atom. The number of nitrogens with zero attached hydrogens (tertiary/aromatic N) is 1. The average molecular weight is 364 g/mol. The monoisotopic (exact) mass is 364 g/mol. The molecule has 0 unspecified atom stereocenters. The number of hydrogen-bond donors (Lipinski definition) is 2. The standard InChI is InChI=1S/C22H24N2O3/c1-15(2)14-24(10-11-25)22(27)18-5-3-4-16(12-18)17-6-7-20-19(13-17)21(26)8-9-23-20/h3-9,12-13,15,25H,10-11,14H2,1-2H3,(H,23,26). The van der Waals surface area contributed by atoms with Crippen LogP contribution in [0.15, 0.2) is 59.5 Å². The Labute approximate surface area is 158 Å². The number of aliphatic hydroxyl groups excluding tert-OH is 1. The first-order chi connectivity index (χ1) is 13.0. The fourth-order valence-electron chi connectivity index (χ4n) is 3.20. The molecule has 1 heterocycles. The minimum Gasteiger partial charge on any atom is -0.395 e. The van der Waals surface area contributed by atoms with Crippen LogP contribution in [0.5, 0.6) is 0 Å². The highest BCUT2D eigenvalue weighted by molar-refractivity contribution is 5.96. The molecule has 0 fully saturated rings. The van der Waals surface area contributed by atoms with E-state index in [-0.39, 0.29) is 17.9 Å². The fraction of sp³-hybridized carbons (Fsp3) is 0.273. The van der Waals surface area contributed by atoms with Gasteiger partial charge in [-0.2, -0.15) is 0 Å². The molecule has 140 valence electrons. The number of aliphatic hydroxyl groups is 1. The van der Waals surface area contributed by atoms with Crippen LogP contribution < -0.4 is 5.43 Å². The van der Waals surface area contributed by atoms with Gasteiger partial charge in [-0.05, 0) is 41.3 Å². The highest BCUT2D eigenvalue weighted by Gasteiger charge is 2.17. The van der Waals surface area contributed by atoms with E-state index in [1.807, 2.05) is 50.2 Å². The summed E-state index contributed by atoms with van der Waals surface area (Å²) in [6, 6.07) is 14.5. The van der Waals surface area contributed by atoms with Crippen molar-refractivity contribution >= 4 is 16.8 Å². The van der Waals surface area contributed by atoms with Gasteiger partial charge < -0.3 is 15.0 Å². The summed E-state index contributed by atoms with van der Waals surface area (Å²) >= 11 is 0. The van der Waals surface area contributed by atoms with Gasteiger partial charge in [0.2, 0.25) is 0 Å². The van der Waals surface area contributed by atoms with Gasteiger partial charge in [0.25, 0.3) is 5.91 Å². The summed E-state index contributed by atoms with van der Waals surface area (Å²) in [6.07, 6.45) is 1.63. The number of H-pyrrole nitrogens is 1. The van der Waals surface area contributed by atoms with Crippen LogP contribution in [0.3, 0.4) is 0 Å². The maximum Gasteiger partial charge on any atom is 0.253 e. The number of fused-ring (bicyclic) bond motifs is 1. The molecule has 0 spiro atoms. The fourth-order valence-corrected chi connectivity index (χ4v) is 3.20. The molecule has 2 aromatic carbocycles. The van der Waals surface area contributed by atoms with Crippen molar-refractivity contribution in [2.24, 2.45) is 5.92 Å². The van der Waals surface area contributed by atoms with E-state index in [1.54, 1.807) is 17.2 Å².